The van der Waals surface area contributed by atoms with Crippen LogP contribution in [0.25, 0.3) is 0 Å². The van der Waals surface area contributed by atoms with Crippen molar-refractivity contribution in [1.82, 2.24) is 24.7 Å². The summed E-state index contributed by atoms with van der Waals surface area (Å²) in [6.07, 6.45) is 1.48. The first-order valence-electron chi connectivity index (χ1n) is 8.90. The minimum absolute atomic E-state index is 0.136. The minimum atomic E-state index is -0.251. The Morgan fingerprint density at radius 3 is 2.76 bits per heavy atom. The van der Waals surface area contributed by atoms with E-state index >= 15 is 0 Å². The van der Waals surface area contributed by atoms with Gasteiger partial charge in [-0.25, -0.2) is 9.97 Å². The van der Waals surface area contributed by atoms with E-state index in [1.807, 2.05) is 17.9 Å². The van der Waals surface area contributed by atoms with Crippen LogP contribution in [0, 0.1) is 6.92 Å². The lowest BCUT2D eigenvalue weighted by atomic mass is 10.2. The highest BCUT2D eigenvalue weighted by Crippen LogP contribution is 2.19. The number of carbonyl (C=O) groups is 1. The first-order chi connectivity index (χ1) is 12.2. The second kappa shape index (κ2) is 8.66. The van der Waals surface area contributed by atoms with Crippen LogP contribution in [0.3, 0.4) is 0 Å². The number of morpholine rings is 1. The molecule has 0 aliphatic carbocycles. The van der Waals surface area contributed by atoms with Gasteiger partial charge in [0.1, 0.15) is 6.10 Å². The molecule has 1 aromatic rings. The third-order valence-electron chi connectivity index (χ3n) is 4.76. The Labute approximate surface area is 148 Å². The fourth-order valence-electron chi connectivity index (χ4n) is 3.26. The van der Waals surface area contributed by atoms with Crippen LogP contribution in [0.2, 0.25) is 0 Å². The lowest BCUT2D eigenvalue weighted by Gasteiger charge is -2.37. The van der Waals surface area contributed by atoms with Gasteiger partial charge in [0.2, 0.25) is 5.91 Å². The van der Waals surface area contributed by atoms with Crippen molar-refractivity contribution in [3.8, 4) is 0 Å². The van der Waals surface area contributed by atoms with E-state index in [-0.39, 0.29) is 18.6 Å². The molecule has 1 atom stereocenters. The topological polar surface area (TPSA) is 82.0 Å². The zero-order chi connectivity index (χ0) is 17.6. The Hall–Kier alpha value is -1.61. The fourth-order valence-corrected chi connectivity index (χ4v) is 3.26. The van der Waals surface area contributed by atoms with Gasteiger partial charge in [0, 0.05) is 51.2 Å². The lowest BCUT2D eigenvalue weighted by Crippen LogP contribution is -2.52. The molecule has 0 spiro atoms. The third kappa shape index (κ3) is 4.94. The molecule has 0 bridgehead atoms. The van der Waals surface area contributed by atoms with E-state index in [0.29, 0.717) is 38.6 Å². The van der Waals surface area contributed by atoms with Crippen LogP contribution in [-0.2, 0) is 9.53 Å². The zero-order valence-electron chi connectivity index (χ0n) is 14.8. The van der Waals surface area contributed by atoms with Crippen molar-refractivity contribution in [2.24, 2.45) is 0 Å². The molecule has 1 N–H and O–H groups in total. The highest BCUT2D eigenvalue weighted by molar-refractivity contribution is 5.78. The van der Waals surface area contributed by atoms with Crippen LogP contribution in [0.4, 0.5) is 0 Å². The van der Waals surface area contributed by atoms with E-state index in [9.17, 15) is 4.79 Å². The number of carbonyl (C=O) groups excluding carboxylic acids is 1. The summed E-state index contributed by atoms with van der Waals surface area (Å²) >= 11 is 0. The molecule has 2 aliphatic rings. The number of nitrogens with zero attached hydrogens (tertiary/aromatic N) is 5. The number of ether oxygens (including phenoxy) is 1. The minimum Gasteiger partial charge on any atom is -0.395 e. The average Bonchev–Trinajstić information content (AvgIpc) is 2.64. The number of hydrogen-bond donors (Lipinski definition) is 1. The molecule has 3 rings (SSSR count). The molecular weight excluding hydrogens is 322 g/mol. The van der Waals surface area contributed by atoms with Crippen LogP contribution in [0.1, 0.15) is 17.6 Å². The predicted octanol–water partition coefficient (Wildman–Crippen LogP) is -0.705. The van der Waals surface area contributed by atoms with Crippen LogP contribution in [0.15, 0.2) is 12.3 Å². The van der Waals surface area contributed by atoms with Gasteiger partial charge in [-0.3, -0.25) is 14.6 Å². The maximum absolute atomic E-state index is 12.7. The van der Waals surface area contributed by atoms with Crippen LogP contribution in [0.5, 0.6) is 0 Å². The number of piperazine rings is 1. The summed E-state index contributed by atoms with van der Waals surface area (Å²) in [5.74, 6) is 0.784. The van der Waals surface area contributed by atoms with Gasteiger partial charge in [-0.05, 0) is 13.0 Å². The number of aromatic nitrogens is 2. The van der Waals surface area contributed by atoms with E-state index in [1.165, 1.54) is 0 Å². The first kappa shape index (κ1) is 18.2. The molecule has 2 fully saturated rings. The predicted molar refractivity (Wildman–Crippen MR) is 92.0 cm³/mol. The van der Waals surface area contributed by atoms with Crippen molar-refractivity contribution in [2.45, 2.75) is 13.0 Å². The lowest BCUT2D eigenvalue weighted by molar-refractivity contribution is -0.141. The molecule has 1 unspecified atom stereocenters. The Kier molecular flexibility index (Phi) is 6.30. The number of rotatable bonds is 5. The van der Waals surface area contributed by atoms with Crippen molar-refractivity contribution >= 4 is 5.91 Å². The molecule has 1 amide bonds. The zero-order valence-corrected chi connectivity index (χ0v) is 14.8. The van der Waals surface area contributed by atoms with E-state index < -0.39 is 0 Å². The van der Waals surface area contributed by atoms with Gasteiger partial charge in [0.25, 0.3) is 0 Å². The molecule has 138 valence electrons. The van der Waals surface area contributed by atoms with Gasteiger partial charge in [0.15, 0.2) is 5.82 Å². The largest absolute Gasteiger partial charge is 0.395 e. The molecule has 2 aliphatic heterocycles. The summed E-state index contributed by atoms with van der Waals surface area (Å²) in [4.78, 5) is 27.6. The van der Waals surface area contributed by atoms with Crippen LogP contribution < -0.4 is 0 Å². The monoisotopic (exact) mass is 349 g/mol. The van der Waals surface area contributed by atoms with E-state index in [4.69, 9.17) is 9.84 Å². The van der Waals surface area contributed by atoms with Gasteiger partial charge < -0.3 is 14.7 Å². The maximum atomic E-state index is 12.7. The summed E-state index contributed by atoms with van der Waals surface area (Å²) in [6.45, 7) is 8.42. The summed E-state index contributed by atoms with van der Waals surface area (Å²) in [7, 11) is 0. The standard InChI is InChI=1S/C17H27N5O3/c1-14-2-3-18-17(19-14)15-12-22(9-11-25-15)16(24)13-21-6-4-20(5-7-21)8-10-23/h2-3,15,23H,4-13H2,1H3. The molecule has 2 saturated heterocycles. The van der Waals surface area contributed by atoms with E-state index in [1.54, 1.807) is 6.20 Å². The molecule has 0 radical (unpaired) electrons. The van der Waals surface area contributed by atoms with Gasteiger partial charge in [-0.2, -0.15) is 0 Å². The SMILES string of the molecule is Cc1ccnc(C2CN(C(=O)CN3CCN(CCO)CC3)CCO2)n1. The van der Waals surface area contributed by atoms with Crippen LogP contribution >= 0.6 is 0 Å². The van der Waals surface area contributed by atoms with E-state index in [0.717, 1.165) is 31.9 Å². The van der Waals surface area contributed by atoms with Crippen molar-refractivity contribution in [3.05, 3.63) is 23.8 Å². The van der Waals surface area contributed by atoms with Crippen LogP contribution in [-0.4, -0.2) is 101 Å². The Morgan fingerprint density at radius 2 is 2.04 bits per heavy atom. The van der Waals surface area contributed by atoms with Crippen molar-refractivity contribution in [2.75, 3.05) is 65.6 Å². The summed E-state index contributed by atoms with van der Waals surface area (Å²) in [6, 6.07) is 1.85. The number of hydrogen-bond acceptors (Lipinski definition) is 7. The van der Waals surface area contributed by atoms with Gasteiger partial charge in [-0.15, -0.1) is 0 Å². The van der Waals surface area contributed by atoms with Gasteiger partial charge in [0.05, 0.1) is 26.3 Å². The Bertz CT molecular complexity index is 577. The first-order valence-corrected chi connectivity index (χ1v) is 8.90. The maximum Gasteiger partial charge on any atom is 0.236 e. The van der Waals surface area contributed by atoms with Gasteiger partial charge >= 0.3 is 0 Å². The second-order valence-electron chi connectivity index (χ2n) is 6.60. The number of β-amino-alcohol motifs (C(OH)–C–C–N with tert-alkyl or cyclic N) is 1. The van der Waals surface area contributed by atoms with Crippen molar-refractivity contribution in [1.29, 1.82) is 0 Å². The number of aliphatic hydroxyl groups excluding tert-OH is 1. The number of aliphatic hydroxyl groups is 1. The molecule has 3 heterocycles. The van der Waals surface area contributed by atoms with E-state index in [2.05, 4.69) is 19.8 Å². The molecule has 8 heteroatoms. The van der Waals surface area contributed by atoms with Crippen molar-refractivity contribution < 1.29 is 14.6 Å². The smallest absolute Gasteiger partial charge is 0.236 e. The molecule has 8 nitrogen and oxygen atoms in total. The Morgan fingerprint density at radius 1 is 1.28 bits per heavy atom. The fraction of sp³-hybridized carbons (Fsp3) is 0.706. The third-order valence-corrected chi connectivity index (χ3v) is 4.76. The molecule has 0 aromatic carbocycles. The number of aryl methyl sites for hydroxylation is 1. The number of amides is 1. The normalized spacial score (nSPS) is 23.0. The average molecular weight is 349 g/mol. The quantitative estimate of drug-likeness (QED) is 0.752. The van der Waals surface area contributed by atoms with Crippen molar-refractivity contribution in [3.63, 3.8) is 0 Å². The highest BCUT2D eigenvalue weighted by Gasteiger charge is 2.28. The molecule has 25 heavy (non-hydrogen) atoms. The van der Waals surface area contributed by atoms with Gasteiger partial charge in [-0.1, -0.05) is 0 Å². The summed E-state index contributed by atoms with van der Waals surface area (Å²) in [5.41, 5.74) is 0.901. The highest BCUT2D eigenvalue weighted by atomic mass is 16.5. The molecular formula is C17H27N5O3. The summed E-state index contributed by atoms with van der Waals surface area (Å²) in [5, 5.41) is 9.00. The molecule has 0 saturated carbocycles. The molecule has 1 aromatic heterocycles. The second-order valence-corrected chi connectivity index (χ2v) is 6.60. The Balaban J connectivity index is 1.50. The summed E-state index contributed by atoms with van der Waals surface area (Å²) < 4.78 is 5.77.